The summed E-state index contributed by atoms with van der Waals surface area (Å²) in [7, 11) is 0. The van der Waals surface area contributed by atoms with Crippen LogP contribution >= 0.6 is 0 Å². The molecule has 1 aromatic heterocycles. The van der Waals surface area contributed by atoms with Crippen LogP contribution in [0.4, 0.5) is 0 Å². The Hall–Kier alpha value is -2.76. The minimum absolute atomic E-state index is 0.0238. The number of carboxylic acids is 1. The first-order valence-electron chi connectivity index (χ1n) is 19.2. The number of aromatic carboxylic acids is 1. The van der Waals surface area contributed by atoms with Crippen LogP contribution in [0, 0.1) is 56.7 Å². The lowest BCUT2D eigenvalue weighted by molar-refractivity contribution is -0.231. The molecule has 49 heavy (non-hydrogen) atoms. The number of hydrogen-bond acceptors (Lipinski definition) is 4. The van der Waals surface area contributed by atoms with Gasteiger partial charge in [-0.25, -0.2) is 10.3 Å². The van der Waals surface area contributed by atoms with Gasteiger partial charge in [0.25, 0.3) is 0 Å². The summed E-state index contributed by atoms with van der Waals surface area (Å²) in [5, 5.41) is 9.48. The molecule has 9 atom stereocenters. The summed E-state index contributed by atoms with van der Waals surface area (Å²) < 4.78 is 0. The van der Waals surface area contributed by atoms with Gasteiger partial charge in [0.05, 0.1) is 12.2 Å². The zero-order valence-electron chi connectivity index (χ0n) is 31.0. The second-order valence-corrected chi connectivity index (χ2v) is 18.2. The van der Waals surface area contributed by atoms with Crippen LogP contribution in [0.1, 0.15) is 121 Å². The Kier molecular flexibility index (Phi) is 8.83. The smallest absolute Gasteiger partial charge is 0.335 e. The van der Waals surface area contributed by atoms with Gasteiger partial charge in [0, 0.05) is 24.9 Å². The Bertz CT molecular complexity index is 1600. The summed E-state index contributed by atoms with van der Waals surface area (Å²) in [5.41, 5.74) is 9.84. The van der Waals surface area contributed by atoms with Crippen LogP contribution in [0.25, 0.3) is 5.57 Å². The number of pyridine rings is 1. The Morgan fingerprint density at radius 1 is 0.939 bits per heavy atom. The standard InChI is InChI=1S/C44H60N2O3/c1-29(2)33-17-23-44(28-49-46-27-20-32-10-8-9-26-45-32)25-24-42(6)35(38(33)44)15-16-37-41(5)21-18-34(30-11-13-31(14-12-30)39(47)48)40(3,4)36(41)19-22-43(37,42)7/h8-14,18,26,33,35-38,46H,1,15-17,19-25,27-28H2,2-7H3,(H,47,48)/t33-,35?,36?,37?,38?,41-,42+,43+,44+/m0/s1. The summed E-state index contributed by atoms with van der Waals surface area (Å²) in [4.78, 5) is 22.4. The van der Waals surface area contributed by atoms with Crippen molar-refractivity contribution in [3.05, 3.63) is 83.7 Å². The highest BCUT2D eigenvalue weighted by Crippen LogP contribution is 2.77. The quantitative estimate of drug-likeness (QED) is 0.159. The van der Waals surface area contributed by atoms with E-state index < -0.39 is 5.97 Å². The lowest BCUT2D eigenvalue weighted by Crippen LogP contribution is -2.65. The van der Waals surface area contributed by atoms with Crippen molar-refractivity contribution >= 4 is 11.5 Å². The van der Waals surface area contributed by atoms with Gasteiger partial charge in [0.15, 0.2) is 0 Å². The Labute approximate surface area is 295 Å². The molecule has 5 nitrogen and oxygen atoms in total. The van der Waals surface area contributed by atoms with Crippen molar-refractivity contribution in [1.82, 2.24) is 10.5 Å². The summed E-state index contributed by atoms with van der Waals surface area (Å²) in [5.74, 6) is 2.33. The largest absolute Gasteiger partial charge is 0.478 e. The molecule has 7 rings (SSSR count). The number of benzene rings is 1. The van der Waals surface area contributed by atoms with Crippen molar-refractivity contribution in [2.75, 3.05) is 13.2 Å². The van der Waals surface area contributed by atoms with E-state index >= 15 is 0 Å². The third-order valence-electron chi connectivity index (χ3n) is 15.9. The first-order valence-corrected chi connectivity index (χ1v) is 19.2. The monoisotopic (exact) mass is 664 g/mol. The number of nitrogens with one attached hydrogen (secondary N) is 1. The molecule has 264 valence electrons. The minimum Gasteiger partial charge on any atom is -0.478 e. The van der Waals surface area contributed by atoms with Crippen LogP contribution in [0.3, 0.4) is 0 Å². The molecule has 4 fully saturated rings. The molecule has 0 aliphatic heterocycles. The van der Waals surface area contributed by atoms with Crippen molar-refractivity contribution in [3.8, 4) is 0 Å². The van der Waals surface area contributed by atoms with Crippen molar-refractivity contribution in [2.45, 2.75) is 106 Å². The maximum atomic E-state index is 11.6. The van der Waals surface area contributed by atoms with E-state index in [0.29, 0.717) is 46.0 Å². The first kappa shape index (κ1) is 34.7. The van der Waals surface area contributed by atoms with Gasteiger partial charge in [0.2, 0.25) is 0 Å². The number of nitrogens with zero attached hydrogens (tertiary/aromatic N) is 1. The molecule has 0 bridgehead atoms. The minimum atomic E-state index is -0.861. The molecule has 4 unspecified atom stereocenters. The van der Waals surface area contributed by atoms with Gasteiger partial charge in [-0.3, -0.25) is 4.98 Å². The van der Waals surface area contributed by atoms with E-state index in [4.69, 9.17) is 4.84 Å². The van der Waals surface area contributed by atoms with Crippen molar-refractivity contribution in [2.24, 2.45) is 56.7 Å². The number of hydrogen-bond donors (Lipinski definition) is 2. The fourth-order valence-electron chi connectivity index (χ4n) is 13.4. The SMILES string of the molecule is C=C(C)[C@@H]1CC[C@]2(CONCCc3ccccn3)CC[C@]3(C)C(CCC4[C@@]5(C)CC=C(c6ccc(C(=O)O)cc6)C(C)(C)C5CC[C@]43C)C12. The van der Waals surface area contributed by atoms with Crippen LogP contribution in [-0.4, -0.2) is 29.2 Å². The highest BCUT2D eigenvalue weighted by molar-refractivity contribution is 5.88. The predicted molar refractivity (Wildman–Crippen MR) is 198 cm³/mol. The lowest BCUT2D eigenvalue weighted by atomic mass is 9.32. The maximum Gasteiger partial charge on any atom is 0.335 e. The molecule has 0 saturated heterocycles. The Morgan fingerprint density at radius 3 is 2.41 bits per heavy atom. The second-order valence-electron chi connectivity index (χ2n) is 18.2. The number of fused-ring (bicyclic) bond motifs is 7. The molecule has 2 N–H and O–H groups in total. The molecule has 0 amide bonds. The third kappa shape index (κ3) is 5.39. The average molecular weight is 665 g/mol. The zero-order valence-corrected chi connectivity index (χ0v) is 31.0. The molecule has 2 aromatic rings. The number of carboxylic acid groups (broad SMARTS) is 1. The van der Waals surface area contributed by atoms with E-state index in [9.17, 15) is 9.90 Å². The van der Waals surface area contributed by atoms with Crippen molar-refractivity contribution in [3.63, 3.8) is 0 Å². The molecule has 5 aliphatic carbocycles. The highest BCUT2D eigenvalue weighted by atomic mass is 16.6. The van der Waals surface area contributed by atoms with Crippen LogP contribution in [0.2, 0.25) is 0 Å². The molecule has 1 heterocycles. The topological polar surface area (TPSA) is 71.5 Å². The third-order valence-corrected chi connectivity index (χ3v) is 15.9. The van der Waals surface area contributed by atoms with E-state index in [-0.39, 0.29) is 16.2 Å². The van der Waals surface area contributed by atoms with Crippen LogP contribution < -0.4 is 5.48 Å². The van der Waals surface area contributed by atoms with Gasteiger partial charge in [-0.15, -0.1) is 0 Å². The van der Waals surface area contributed by atoms with Gasteiger partial charge in [0.1, 0.15) is 0 Å². The van der Waals surface area contributed by atoms with Crippen molar-refractivity contribution in [1.29, 1.82) is 0 Å². The zero-order chi connectivity index (χ0) is 34.8. The first-order chi connectivity index (χ1) is 23.3. The molecule has 5 aliphatic rings. The molecule has 0 spiro atoms. The fraction of sp³-hybridized carbons (Fsp3) is 0.636. The van der Waals surface area contributed by atoms with Crippen molar-refractivity contribution < 1.29 is 14.7 Å². The average Bonchev–Trinajstić information content (AvgIpc) is 3.45. The van der Waals surface area contributed by atoms with Gasteiger partial charge in [-0.2, -0.15) is 0 Å². The lowest BCUT2D eigenvalue weighted by Gasteiger charge is -2.72. The van der Waals surface area contributed by atoms with Crippen LogP contribution in [-0.2, 0) is 11.3 Å². The van der Waals surface area contributed by atoms with Gasteiger partial charge in [-0.05, 0) is 157 Å². The fourth-order valence-corrected chi connectivity index (χ4v) is 13.4. The predicted octanol–water partition coefficient (Wildman–Crippen LogP) is 10.2. The van der Waals surface area contributed by atoms with Gasteiger partial charge in [-0.1, -0.05) is 71.0 Å². The number of hydroxylamine groups is 1. The number of aromatic nitrogens is 1. The number of allylic oxidation sites excluding steroid dienone is 3. The molecule has 4 saturated carbocycles. The Balaban J connectivity index is 1.13. The van der Waals surface area contributed by atoms with Crippen LogP contribution in [0.15, 0.2) is 66.9 Å². The highest BCUT2D eigenvalue weighted by Gasteiger charge is 2.70. The van der Waals surface area contributed by atoms with Crippen LogP contribution in [0.5, 0.6) is 0 Å². The van der Waals surface area contributed by atoms with Gasteiger partial charge >= 0.3 is 5.97 Å². The van der Waals surface area contributed by atoms with E-state index in [1.807, 2.05) is 24.4 Å². The summed E-state index contributed by atoms with van der Waals surface area (Å²) in [6.07, 6.45) is 16.6. The molecular weight excluding hydrogens is 604 g/mol. The van der Waals surface area contributed by atoms with E-state index in [1.54, 1.807) is 12.1 Å². The summed E-state index contributed by atoms with van der Waals surface area (Å²) >= 11 is 0. The number of rotatable bonds is 9. The second kappa shape index (κ2) is 12.5. The molecular formula is C44H60N2O3. The molecule has 1 aromatic carbocycles. The normalized spacial score (nSPS) is 39.1. The van der Waals surface area contributed by atoms with E-state index in [2.05, 4.69) is 76.8 Å². The van der Waals surface area contributed by atoms with Gasteiger partial charge < -0.3 is 9.94 Å². The van der Waals surface area contributed by atoms with E-state index in [1.165, 1.54) is 68.1 Å². The molecule has 0 radical (unpaired) electrons. The van der Waals surface area contributed by atoms with E-state index in [0.717, 1.165) is 31.7 Å². The Morgan fingerprint density at radius 2 is 1.71 bits per heavy atom. The molecule has 5 heteroatoms. The summed E-state index contributed by atoms with van der Waals surface area (Å²) in [6.45, 7) is 21.5. The number of carbonyl (C=O) groups is 1. The summed E-state index contributed by atoms with van der Waals surface area (Å²) in [6, 6.07) is 13.7. The maximum absolute atomic E-state index is 11.6.